The molecule has 2 heterocycles. The third-order valence-corrected chi connectivity index (χ3v) is 5.05. The van der Waals surface area contributed by atoms with E-state index in [2.05, 4.69) is 40.4 Å². The van der Waals surface area contributed by atoms with E-state index in [0.29, 0.717) is 6.42 Å². The Morgan fingerprint density at radius 3 is 2.62 bits per heavy atom. The van der Waals surface area contributed by atoms with Gasteiger partial charge in [0.1, 0.15) is 10.8 Å². The van der Waals surface area contributed by atoms with Gasteiger partial charge >= 0.3 is 0 Å². The number of fused-ring (bicyclic) bond motifs is 1. The van der Waals surface area contributed by atoms with Gasteiger partial charge in [0.15, 0.2) is 5.82 Å². The van der Waals surface area contributed by atoms with E-state index in [0.717, 1.165) is 27.1 Å². The molecule has 0 bridgehead atoms. The zero-order valence-corrected chi connectivity index (χ0v) is 15.4. The van der Waals surface area contributed by atoms with E-state index in [-0.39, 0.29) is 0 Å². The first-order valence-electron chi connectivity index (χ1n) is 8.31. The van der Waals surface area contributed by atoms with Gasteiger partial charge in [-0.2, -0.15) is 9.61 Å². The van der Waals surface area contributed by atoms with Gasteiger partial charge in [-0.05, 0) is 41.8 Å². The molecule has 5 nitrogen and oxygen atoms in total. The van der Waals surface area contributed by atoms with Gasteiger partial charge in [0, 0.05) is 6.42 Å². The molecule has 0 saturated heterocycles. The summed E-state index contributed by atoms with van der Waals surface area (Å²) in [5, 5.41) is 14.1. The van der Waals surface area contributed by atoms with Gasteiger partial charge in [-0.15, -0.1) is 10.2 Å². The summed E-state index contributed by atoms with van der Waals surface area (Å²) in [6.45, 7) is 2.10. The fourth-order valence-electron chi connectivity index (χ4n) is 2.71. The van der Waals surface area contributed by atoms with Crippen molar-refractivity contribution in [1.82, 2.24) is 19.8 Å². The van der Waals surface area contributed by atoms with Gasteiger partial charge < -0.3 is 4.74 Å². The van der Waals surface area contributed by atoms with E-state index < -0.39 is 0 Å². The van der Waals surface area contributed by atoms with Crippen LogP contribution in [-0.4, -0.2) is 26.9 Å². The molecule has 0 saturated carbocycles. The van der Waals surface area contributed by atoms with Crippen LogP contribution >= 0.6 is 11.3 Å². The molecule has 0 aliphatic carbocycles. The molecule has 0 N–H and O–H groups in total. The maximum absolute atomic E-state index is 5.20. The van der Waals surface area contributed by atoms with Crippen LogP contribution in [0.15, 0.2) is 48.5 Å². The van der Waals surface area contributed by atoms with Gasteiger partial charge in [-0.25, -0.2) is 0 Å². The molecule has 0 atom stereocenters. The van der Waals surface area contributed by atoms with Crippen molar-refractivity contribution in [2.75, 3.05) is 7.11 Å². The van der Waals surface area contributed by atoms with Crippen LogP contribution in [0.2, 0.25) is 0 Å². The Kier molecular flexibility index (Phi) is 4.50. The molecule has 6 heteroatoms. The SMILES string of the molecule is COc1ccc(Cc2nnc3sc(/C=C/c4ccccc4C)nn23)cc1. The van der Waals surface area contributed by atoms with E-state index in [1.54, 1.807) is 7.11 Å². The van der Waals surface area contributed by atoms with Crippen molar-refractivity contribution < 1.29 is 4.74 Å². The monoisotopic (exact) mass is 362 g/mol. The Bertz CT molecular complexity index is 1060. The highest BCUT2D eigenvalue weighted by Crippen LogP contribution is 2.20. The molecule has 26 heavy (non-hydrogen) atoms. The number of hydrogen-bond donors (Lipinski definition) is 0. The van der Waals surface area contributed by atoms with Crippen LogP contribution in [0.3, 0.4) is 0 Å². The van der Waals surface area contributed by atoms with Crippen LogP contribution in [0.4, 0.5) is 0 Å². The highest BCUT2D eigenvalue weighted by molar-refractivity contribution is 7.17. The molecule has 0 radical (unpaired) electrons. The largest absolute Gasteiger partial charge is 0.497 e. The lowest BCUT2D eigenvalue weighted by Gasteiger charge is -2.01. The topological polar surface area (TPSA) is 52.3 Å². The molecule has 0 unspecified atom stereocenters. The molecule has 0 amide bonds. The smallest absolute Gasteiger partial charge is 0.234 e. The minimum atomic E-state index is 0.676. The van der Waals surface area contributed by atoms with E-state index in [1.165, 1.54) is 22.5 Å². The van der Waals surface area contributed by atoms with Crippen LogP contribution in [0, 0.1) is 6.92 Å². The van der Waals surface area contributed by atoms with Gasteiger partial charge in [0.05, 0.1) is 7.11 Å². The maximum atomic E-state index is 5.20. The van der Waals surface area contributed by atoms with Crippen LogP contribution in [0.5, 0.6) is 5.75 Å². The Balaban J connectivity index is 1.57. The highest BCUT2D eigenvalue weighted by Gasteiger charge is 2.11. The van der Waals surface area contributed by atoms with Gasteiger partial charge in [0.2, 0.25) is 4.96 Å². The number of aryl methyl sites for hydroxylation is 1. The summed E-state index contributed by atoms with van der Waals surface area (Å²) in [6.07, 6.45) is 4.79. The molecule has 0 aliphatic rings. The van der Waals surface area contributed by atoms with Crippen molar-refractivity contribution in [3.63, 3.8) is 0 Å². The fourth-order valence-corrected chi connectivity index (χ4v) is 3.47. The van der Waals surface area contributed by atoms with E-state index in [1.807, 2.05) is 47.0 Å². The van der Waals surface area contributed by atoms with Crippen molar-refractivity contribution in [3.8, 4) is 5.75 Å². The summed E-state index contributed by atoms with van der Waals surface area (Å²) in [4.78, 5) is 0.804. The van der Waals surface area contributed by atoms with Crippen LogP contribution in [-0.2, 0) is 6.42 Å². The summed E-state index contributed by atoms with van der Waals surface area (Å²) < 4.78 is 7.02. The Hall–Kier alpha value is -2.99. The van der Waals surface area contributed by atoms with Crippen molar-refractivity contribution in [2.24, 2.45) is 0 Å². The minimum Gasteiger partial charge on any atom is -0.497 e. The molecule has 4 aromatic rings. The molecule has 0 fully saturated rings. The highest BCUT2D eigenvalue weighted by atomic mass is 32.1. The van der Waals surface area contributed by atoms with Gasteiger partial charge in [-0.3, -0.25) is 0 Å². The number of benzene rings is 2. The Labute approximate surface area is 155 Å². The molecule has 0 spiro atoms. The number of ether oxygens (including phenoxy) is 1. The number of rotatable bonds is 5. The summed E-state index contributed by atoms with van der Waals surface area (Å²) in [6, 6.07) is 16.2. The fraction of sp³-hybridized carbons (Fsp3) is 0.150. The Morgan fingerprint density at radius 2 is 1.85 bits per heavy atom. The molecular weight excluding hydrogens is 344 g/mol. The van der Waals surface area contributed by atoms with Crippen molar-refractivity contribution in [1.29, 1.82) is 0 Å². The van der Waals surface area contributed by atoms with Crippen molar-refractivity contribution in [2.45, 2.75) is 13.3 Å². The van der Waals surface area contributed by atoms with E-state index in [9.17, 15) is 0 Å². The predicted octanol–water partition coefficient (Wildman–Crippen LogP) is 4.26. The van der Waals surface area contributed by atoms with E-state index in [4.69, 9.17) is 4.74 Å². The normalized spacial score (nSPS) is 11.5. The standard InChI is InChI=1S/C20H18N4OS/c1-14-5-3-4-6-16(14)9-12-19-23-24-18(21-22-20(24)26-19)13-15-7-10-17(25-2)11-8-15/h3-12H,13H2,1-2H3/b12-9+. The summed E-state index contributed by atoms with van der Waals surface area (Å²) >= 11 is 1.53. The molecular formula is C20H18N4OS. The number of hydrogen-bond acceptors (Lipinski definition) is 5. The molecule has 2 aromatic heterocycles. The average Bonchev–Trinajstić information content (AvgIpc) is 3.23. The number of methoxy groups -OCH3 is 1. The second-order valence-corrected chi connectivity index (χ2v) is 6.95. The molecule has 2 aromatic carbocycles. The van der Waals surface area contributed by atoms with Crippen LogP contribution < -0.4 is 4.74 Å². The lowest BCUT2D eigenvalue weighted by molar-refractivity contribution is 0.414. The first-order chi connectivity index (χ1) is 12.7. The third-order valence-electron chi connectivity index (χ3n) is 4.19. The van der Waals surface area contributed by atoms with Crippen molar-refractivity contribution >= 4 is 28.4 Å². The maximum Gasteiger partial charge on any atom is 0.234 e. The first-order valence-corrected chi connectivity index (χ1v) is 9.12. The Morgan fingerprint density at radius 1 is 1.04 bits per heavy atom. The quantitative estimate of drug-likeness (QED) is 0.532. The van der Waals surface area contributed by atoms with Gasteiger partial charge in [-0.1, -0.05) is 53.8 Å². The van der Waals surface area contributed by atoms with Gasteiger partial charge in [0.25, 0.3) is 0 Å². The second-order valence-electron chi connectivity index (χ2n) is 5.97. The predicted molar refractivity (Wildman–Crippen MR) is 105 cm³/mol. The average molecular weight is 362 g/mol. The summed E-state index contributed by atoms with van der Waals surface area (Å²) in [5.41, 5.74) is 3.58. The third kappa shape index (κ3) is 3.36. The minimum absolute atomic E-state index is 0.676. The molecule has 0 aliphatic heterocycles. The zero-order chi connectivity index (χ0) is 17.9. The summed E-state index contributed by atoms with van der Waals surface area (Å²) in [5.74, 6) is 1.68. The molecule has 130 valence electrons. The van der Waals surface area contributed by atoms with Crippen LogP contribution in [0.1, 0.15) is 27.5 Å². The number of aromatic nitrogens is 4. The number of nitrogens with zero attached hydrogens (tertiary/aromatic N) is 4. The first kappa shape index (κ1) is 16.5. The van der Waals surface area contributed by atoms with Crippen LogP contribution in [0.25, 0.3) is 17.1 Å². The second kappa shape index (κ2) is 7.09. The summed E-state index contributed by atoms with van der Waals surface area (Å²) in [7, 11) is 1.67. The van der Waals surface area contributed by atoms with E-state index >= 15 is 0 Å². The van der Waals surface area contributed by atoms with Crippen molar-refractivity contribution in [3.05, 3.63) is 76.1 Å². The lowest BCUT2D eigenvalue weighted by atomic mass is 10.1. The zero-order valence-electron chi connectivity index (χ0n) is 14.6. The molecule has 4 rings (SSSR count). The lowest BCUT2D eigenvalue weighted by Crippen LogP contribution is -1.97.